The van der Waals surface area contributed by atoms with Crippen LogP contribution in [0.25, 0.3) is 0 Å². The summed E-state index contributed by atoms with van der Waals surface area (Å²) in [7, 11) is 0. The van der Waals surface area contributed by atoms with Gasteiger partial charge in [0.1, 0.15) is 0 Å². The van der Waals surface area contributed by atoms with Crippen molar-refractivity contribution in [2.24, 2.45) is 0 Å². The molecule has 0 aliphatic carbocycles. The Hall–Kier alpha value is -2.46. The molecule has 0 fully saturated rings. The Morgan fingerprint density at radius 1 is 1.31 bits per heavy atom. The van der Waals surface area contributed by atoms with Crippen LogP contribution in [-0.4, -0.2) is 21.5 Å². The first-order valence-corrected chi connectivity index (χ1v) is 7.54. The second-order valence-electron chi connectivity index (χ2n) is 4.78. The molecule has 1 N–H and O–H groups in total. The highest BCUT2D eigenvalue weighted by Crippen LogP contribution is 2.30. The van der Waals surface area contributed by atoms with Gasteiger partial charge in [-0.2, -0.15) is 13.2 Å². The lowest BCUT2D eigenvalue weighted by atomic mass is 10.2. The number of nitrogens with one attached hydrogen (secondary N) is 1. The molecule has 0 aliphatic rings. The zero-order chi connectivity index (χ0) is 19.5. The Labute approximate surface area is 154 Å². The number of nitrogens with zero attached hydrogens (tertiary/aromatic N) is 2. The van der Waals surface area contributed by atoms with E-state index in [-0.39, 0.29) is 16.0 Å². The van der Waals surface area contributed by atoms with E-state index in [9.17, 15) is 22.8 Å². The minimum Gasteiger partial charge on any atom is -0.444 e. The minimum absolute atomic E-state index is 0.122. The maximum absolute atomic E-state index is 12.7. The van der Waals surface area contributed by atoms with Crippen molar-refractivity contribution < 1.29 is 32.3 Å². The largest absolute Gasteiger partial charge is 0.444 e. The van der Waals surface area contributed by atoms with Crippen LogP contribution in [0.1, 0.15) is 23.1 Å². The van der Waals surface area contributed by atoms with Gasteiger partial charge in [0.25, 0.3) is 0 Å². The van der Waals surface area contributed by atoms with Crippen molar-refractivity contribution in [2.45, 2.75) is 19.8 Å². The normalized spacial score (nSPS) is 11.2. The molecule has 2 aromatic rings. The number of benzene rings is 1. The van der Waals surface area contributed by atoms with Gasteiger partial charge in [-0.3, -0.25) is 9.36 Å². The van der Waals surface area contributed by atoms with Crippen molar-refractivity contribution in [3.05, 3.63) is 46.0 Å². The summed E-state index contributed by atoms with van der Waals surface area (Å²) in [6, 6.07) is 4.00. The van der Waals surface area contributed by atoms with Gasteiger partial charge in [-0.05, 0) is 18.2 Å². The van der Waals surface area contributed by atoms with E-state index in [1.54, 1.807) is 0 Å². The zero-order valence-corrected chi connectivity index (χ0v) is 14.4. The molecule has 7 nitrogen and oxygen atoms in total. The van der Waals surface area contributed by atoms with Gasteiger partial charge in [0.15, 0.2) is 17.0 Å². The quantitative estimate of drug-likeness (QED) is 0.593. The maximum atomic E-state index is 12.7. The summed E-state index contributed by atoms with van der Waals surface area (Å²) in [5.41, 5.74) is 1.03. The molecule has 0 aliphatic heterocycles. The number of rotatable bonds is 5. The van der Waals surface area contributed by atoms with Gasteiger partial charge >= 0.3 is 18.1 Å². The molecule has 0 atom stereocenters. The second kappa shape index (κ2) is 7.83. The van der Waals surface area contributed by atoms with Crippen LogP contribution in [0.3, 0.4) is 0 Å². The smallest absolute Gasteiger partial charge is 0.416 e. The summed E-state index contributed by atoms with van der Waals surface area (Å²) in [4.78, 5) is 31.3. The van der Waals surface area contributed by atoms with Crippen LogP contribution in [0.15, 0.2) is 24.3 Å². The van der Waals surface area contributed by atoms with Crippen LogP contribution in [0.2, 0.25) is 10.3 Å². The number of hydrogen-bond donors (Lipinski definition) is 1. The summed E-state index contributed by atoms with van der Waals surface area (Å²) in [6.07, 6.45) is -4.55. The van der Waals surface area contributed by atoms with Crippen molar-refractivity contribution in [3.63, 3.8) is 0 Å². The fraction of sp³-hybridized carbons (Fsp3) is 0.214. The minimum atomic E-state index is -4.55. The van der Waals surface area contributed by atoms with E-state index in [1.165, 1.54) is 6.07 Å². The first-order chi connectivity index (χ1) is 12.1. The molecule has 1 aromatic heterocycles. The fourth-order valence-corrected chi connectivity index (χ4v) is 2.10. The number of esters is 1. The summed E-state index contributed by atoms with van der Waals surface area (Å²) in [6.45, 7) is 0.682. The molecule has 0 amide bonds. The molecule has 26 heavy (non-hydrogen) atoms. The highest BCUT2D eigenvalue weighted by molar-refractivity contribution is 6.40. The van der Waals surface area contributed by atoms with Gasteiger partial charge in [0.2, 0.25) is 5.82 Å². The zero-order valence-electron chi connectivity index (χ0n) is 12.9. The van der Waals surface area contributed by atoms with E-state index < -0.39 is 36.2 Å². The number of carbonyl (C=O) groups is 2. The maximum Gasteiger partial charge on any atom is 0.416 e. The lowest BCUT2D eigenvalue weighted by Crippen LogP contribution is -2.18. The molecule has 140 valence electrons. The van der Waals surface area contributed by atoms with E-state index in [0.717, 1.165) is 29.7 Å². The first-order valence-electron chi connectivity index (χ1n) is 6.79. The summed E-state index contributed by atoms with van der Waals surface area (Å²) in [5.74, 6) is -2.17. The first kappa shape index (κ1) is 19.9. The van der Waals surface area contributed by atoms with Crippen LogP contribution in [0.4, 0.5) is 18.9 Å². The van der Waals surface area contributed by atoms with E-state index >= 15 is 0 Å². The van der Waals surface area contributed by atoms with Crippen LogP contribution in [0.5, 0.6) is 0 Å². The standard InChI is InChI=1S/C14H10Cl2F3N3O4/c1-7(23)25-6-22-11(16)10(15)20-12(22)13(24)26-21-9-4-2-3-8(5-9)14(17,18)19/h2-5,21H,6H2,1H3. The predicted molar refractivity (Wildman–Crippen MR) is 84.5 cm³/mol. The lowest BCUT2D eigenvalue weighted by Gasteiger charge is -2.11. The van der Waals surface area contributed by atoms with Crippen LogP contribution in [0, 0.1) is 0 Å². The van der Waals surface area contributed by atoms with Crippen molar-refractivity contribution >= 4 is 40.8 Å². The third kappa shape index (κ3) is 4.79. The highest BCUT2D eigenvalue weighted by Gasteiger charge is 2.30. The molecule has 0 saturated heterocycles. The van der Waals surface area contributed by atoms with Crippen molar-refractivity contribution in [2.75, 3.05) is 5.48 Å². The van der Waals surface area contributed by atoms with E-state index in [1.807, 2.05) is 0 Å². The number of carbonyl (C=O) groups excluding carboxylic acids is 2. The van der Waals surface area contributed by atoms with Crippen molar-refractivity contribution in [1.82, 2.24) is 9.55 Å². The molecule has 1 aromatic carbocycles. The average Bonchev–Trinajstić information content (AvgIpc) is 2.85. The number of hydrogen-bond acceptors (Lipinski definition) is 6. The van der Waals surface area contributed by atoms with Gasteiger partial charge in [0, 0.05) is 6.92 Å². The Morgan fingerprint density at radius 2 is 2.00 bits per heavy atom. The summed E-state index contributed by atoms with van der Waals surface area (Å²) in [5, 5.41) is -0.427. The molecule has 2 rings (SSSR count). The molecular weight excluding hydrogens is 402 g/mol. The number of ether oxygens (including phenoxy) is 1. The topological polar surface area (TPSA) is 82.5 Å². The Morgan fingerprint density at radius 3 is 2.62 bits per heavy atom. The number of alkyl halides is 3. The van der Waals surface area contributed by atoms with Crippen LogP contribution < -0.4 is 5.48 Å². The number of aromatic nitrogens is 2. The molecule has 0 radical (unpaired) electrons. The van der Waals surface area contributed by atoms with E-state index in [0.29, 0.717) is 0 Å². The molecule has 12 heteroatoms. The number of imidazole rings is 1. The monoisotopic (exact) mass is 411 g/mol. The van der Waals surface area contributed by atoms with Gasteiger partial charge in [-0.25, -0.2) is 15.3 Å². The number of halogens is 5. The molecular formula is C14H10Cl2F3N3O4. The third-order valence-electron chi connectivity index (χ3n) is 2.90. The van der Waals surface area contributed by atoms with Crippen LogP contribution >= 0.6 is 23.2 Å². The predicted octanol–water partition coefficient (Wildman–Crippen LogP) is 3.91. The van der Waals surface area contributed by atoms with Crippen molar-refractivity contribution in [3.8, 4) is 0 Å². The number of anilines is 1. The molecule has 0 spiro atoms. The van der Waals surface area contributed by atoms with E-state index in [4.69, 9.17) is 32.8 Å². The van der Waals surface area contributed by atoms with Gasteiger partial charge < -0.3 is 9.57 Å². The molecule has 0 saturated carbocycles. The van der Waals surface area contributed by atoms with Gasteiger partial charge in [0.05, 0.1) is 11.3 Å². The Bertz CT molecular complexity index is 839. The molecule has 1 heterocycles. The Kier molecular flexibility index (Phi) is 5.98. The van der Waals surface area contributed by atoms with E-state index in [2.05, 4.69) is 10.5 Å². The van der Waals surface area contributed by atoms with Crippen LogP contribution in [-0.2, 0) is 27.3 Å². The van der Waals surface area contributed by atoms with Crippen molar-refractivity contribution in [1.29, 1.82) is 0 Å². The molecule has 0 bridgehead atoms. The van der Waals surface area contributed by atoms with Gasteiger partial charge in [-0.15, -0.1) is 0 Å². The summed E-state index contributed by atoms with van der Waals surface area (Å²) >= 11 is 11.6. The second-order valence-corrected chi connectivity index (χ2v) is 5.50. The lowest BCUT2D eigenvalue weighted by molar-refractivity contribution is -0.144. The third-order valence-corrected chi connectivity index (χ3v) is 3.64. The van der Waals surface area contributed by atoms with Gasteiger partial charge in [-0.1, -0.05) is 29.3 Å². The SMILES string of the molecule is CC(=O)OCn1c(C(=O)ONc2cccc(C(F)(F)F)c2)nc(Cl)c1Cl. The molecule has 0 unspecified atom stereocenters. The fourth-order valence-electron chi connectivity index (χ4n) is 1.74. The Balaban J connectivity index is 2.13. The highest BCUT2D eigenvalue weighted by atomic mass is 35.5. The average molecular weight is 412 g/mol. The summed E-state index contributed by atoms with van der Waals surface area (Å²) < 4.78 is 43.7.